The molecule has 8 heteroatoms. The van der Waals surface area contributed by atoms with Gasteiger partial charge in [-0.05, 0) is 49.9 Å². The van der Waals surface area contributed by atoms with Crippen molar-refractivity contribution in [1.29, 1.82) is 0 Å². The van der Waals surface area contributed by atoms with Gasteiger partial charge in [-0.1, -0.05) is 48.3 Å². The molecule has 2 aliphatic rings. The van der Waals surface area contributed by atoms with E-state index in [4.69, 9.17) is 4.52 Å². The maximum Gasteiger partial charge on any atom is 0.242 e. The molecule has 1 atom stereocenters. The van der Waals surface area contributed by atoms with Gasteiger partial charge in [-0.3, -0.25) is 0 Å². The Bertz CT molecular complexity index is 1210. The van der Waals surface area contributed by atoms with Gasteiger partial charge in [0.1, 0.15) is 16.8 Å². The van der Waals surface area contributed by atoms with E-state index in [1.807, 2.05) is 38.1 Å². The molecule has 1 aliphatic carbocycles. The van der Waals surface area contributed by atoms with Crippen molar-refractivity contribution in [2.75, 3.05) is 10.6 Å². The van der Waals surface area contributed by atoms with Gasteiger partial charge in [0.05, 0.1) is 17.1 Å². The van der Waals surface area contributed by atoms with Gasteiger partial charge in [-0.15, -0.1) is 0 Å². The summed E-state index contributed by atoms with van der Waals surface area (Å²) in [5, 5.41) is 10.9. The van der Waals surface area contributed by atoms with Crippen LogP contribution in [-0.2, 0) is 16.4 Å². The molecule has 0 amide bonds. The number of anilines is 2. The lowest BCUT2D eigenvalue weighted by molar-refractivity contribution is 0.393. The molecule has 3 aromatic rings. The zero-order valence-electron chi connectivity index (χ0n) is 18.3. The third kappa shape index (κ3) is 4.00. The standard InChI is InChI=1S/C24H28N4O3S/c1-15-23(16(2)31-27-15)18-13-20-24(26-22(25-20)12-17-8-4-3-5-9-17)21(14-18)32(29,30)28-19-10-6-7-11-19/h3-5,8-9,13-14,19,22,25-26,28H,6-7,10-12H2,1-2H3. The number of hydrogen-bond acceptors (Lipinski definition) is 6. The van der Waals surface area contributed by atoms with Crippen molar-refractivity contribution in [3.8, 4) is 11.1 Å². The summed E-state index contributed by atoms with van der Waals surface area (Å²) in [6.45, 7) is 3.71. The van der Waals surface area contributed by atoms with Crippen molar-refractivity contribution >= 4 is 21.4 Å². The first-order valence-corrected chi connectivity index (χ1v) is 12.6. The highest BCUT2D eigenvalue weighted by Gasteiger charge is 2.32. The lowest BCUT2D eigenvalue weighted by atomic mass is 10.0. The first kappa shape index (κ1) is 21.0. The maximum atomic E-state index is 13.5. The van der Waals surface area contributed by atoms with Crippen LogP contribution < -0.4 is 15.4 Å². The first-order chi connectivity index (χ1) is 15.4. The summed E-state index contributed by atoms with van der Waals surface area (Å²) in [6, 6.07) is 13.9. The summed E-state index contributed by atoms with van der Waals surface area (Å²) in [4.78, 5) is 0.264. The lowest BCUT2D eigenvalue weighted by Crippen LogP contribution is -2.33. The summed E-state index contributed by atoms with van der Waals surface area (Å²) in [7, 11) is -3.71. The number of aromatic nitrogens is 1. The number of nitrogens with one attached hydrogen (secondary N) is 3. The Morgan fingerprint density at radius 3 is 2.53 bits per heavy atom. The normalized spacial score (nSPS) is 18.4. The Labute approximate surface area is 188 Å². The minimum atomic E-state index is -3.71. The van der Waals surface area contributed by atoms with Crippen molar-refractivity contribution in [3.63, 3.8) is 0 Å². The van der Waals surface area contributed by atoms with Crippen molar-refractivity contribution in [2.45, 2.75) is 63.1 Å². The van der Waals surface area contributed by atoms with Crippen LogP contribution in [0.5, 0.6) is 0 Å². The molecular formula is C24H28N4O3S. The predicted molar refractivity (Wildman–Crippen MR) is 125 cm³/mol. The SMILES string of the molecule is Cc1noc(C)c1-c1cc2c(c(S(=O)(=O)NC3CCCC3)c1)NC(Cc1ccccc1)N2. The summed E-state index contributed by atoms with van der Waals surface area (Å²) in [6.07, 6.45) is 4.51. The van der Waals surface area contributed by atoms with E-state index < -0.39 is 10.0 Å². The van der Waals surface area contributed by atoms with Crippen molar-refractivity contribution in [3.05, 3.63) is 59.5 Å². The second-order valence-corrected chi connectivity index (χ2v) is 10.4. The van der Waals surface area contributed by atoms with Gasteiger partial charge in [0.25, 0.3) is 0 Å². The fourth-order valence-corrected chi connectivity index (χ4v) is 6.33. The van der Waals surface area contributed by atoms with E-state index in [1.54, 1.807) is 6.07 Å². The van der Waals surface area contributed by atoms with Crippen LogP contribution in [0.15, 0.2) is 51.9 Å². The quantitative estimate of drug-likeness (QED) is 0.506. The van der Waals surface area contributed by atoms with Gasteiger partial charge < -0.3 is 15.2 Å². The average molecular weight is 453 g/mol. The Kier molecular flexibility index (Phi) is 5.43. The van der Waals surface area contributed by atoms with Crippen molar-refractivity contribution in [1.82, 2.24) is 9.88 Å². The van der Waals surface area contributed by atoms with Crippen molar-refractivity contribution < 1.29 is 12.9 Å². The van der Waals surface area contributed by atoms with Gasteiger partial charge in [-0.25, -0.2) is 13.1 Å². The minimum absolute atomic E-state index is 0.00662. The second-order valence-electron chi connectivity index (χ2n) is 8.73. The molecule has 7 nitrogen and oxygen atoms in total. The van der Waals surface area contributed by atoms with Crippen LogP contribution in [0, 0.1) is 13.8 Å². The maximum absolute atomic E-state index is 13.5. The van der Waals surface area contributed by atoms with E-state index in [0.717, 1.165) is 54.6 Å². The second kappa shape index (κ2) is 8.26. The number of fused-ring (bicyclic) bond motifs is 1. The van der Waals surface area contributed by atoms with E-state index in [9.17, 15) is 8.42 Å². The molecule has 1 unspecified atom stereocenters. The predicted octanol–water partition coefficient (Wildman–Crippen LogP) is 4.59. The van der Waals surface area contributed by atoms with Crippen LogP contribution in [-0.4, -0.2) is 25.8 Å². The van der Waals surface area contributed by atoms with Gasteiger partial charge in [-0.2, -0.15) is 0 Å². The summed E-state index contributed by atoms with van der Waals surface area (Å²) < 4.78 is 35.3. The highest BCUT2D eigenvalue weighted by molar-refractivity contribution is 7.89. The third-order valence-electron chi connectivity index (χ3n) is 6.32. The number of benzene rings is 2. The topological polar surface area (TPSA) is 96.3 Å². The minimum Gasteiger partial charge on any atom is -0.363 e. The van der Waals surface area contributed by atoms with Crippen molar-refractivity contribution in [2.24, 2.45) is 0 Å². The Balaban J connectivity index is 1.55. The molecule has 32 heavy (non-hydrogen) atoms. The molecule has 0 radical (unpaired) electrons. The van der Waals surface area contributed by atoms with Crippen LogP contribution in [0.3, 0.4) is 0 Å². The summed E-state index contributed by atoms with van der Waals surface area (Å²) in [5.41, 5.74) is 4.91. The fraction of sp³-hybridized carbons (Fsp3) is 0.375. The molecule has 3 N–H and O–H groups in total. The smallest absolute Gasteiger partial charge is 0.242 e. The molecule has 5 rings (SSSR count). The molecule has 0 saturated heterocycles. The van der Waals surface area contributed by atoms with Gasteiger partial charge in [0, 0.05) is 18.0 Å². The molecule has 1 aliphatic heterocycles. The van der Waals surface area contributed by atoms with Gasteiger partial charge in [0.15, 0.2) is 0 Å². The zero-order chi connectivity index (χ0) is 22.3. The molecule has 2 heterocycles. The van der Waals surface area contributed by atoms with E-state index in [2.05, 4.69) is 32.6 Å². The third-order valence-corrected chi connectivity index (χ3v) is 7.87. The zero-order valence-corrected chi connectivity index (χ0v) is 19.1. The van der Waals surface area contributed by atoms with Crippen LogP contribution in [0.2, 0.25) is 0 Å². The average Bonchev–Trinajstić information content (AvgIpc) is 3.48. The molecular weight excluding hydrogens is 424 g/mol. The lowest BCUT2D eigenvalue weighted by Gasteiger charge is -2.16. The number of nitrogens with zero attached hydrogens (tertiary/aromatic N) is 1. The van der Waals surface area contributed by atoms with Crippen LogP contribution in [0.4, 0.5) is 11.4 Å². The summed E-state index contributed by atoms with van der Waals surface area (Å²) in [5.74, 6) is 0.668. The number of aryl methyl sites for hydroxylation is 2. The highest BCUT2D eigenvalue weighted by atomic mass is 32.2. The van der Waals surface area contributed by atoms with Gasteiger partial charge in [0.2, 0.25) is 10.0 Å². The van der Waals surface area contributed by atoms with Gasteiger partial charge >= 0.3 is 0 Å². The molecule has 1 aromatic heterocycles. The van der Waals surface area contributed by atoms with E-state index in [0.29, 0.717) is 11.4 Å². The fourth-order valence-electron chi connectivity index (χ4n) is 4.81. The highest BCUT2D eigenvalue weighted by Crippen LogP contribution is 2.41. The van der Waals surface area contributed by atoms with E-state index >= 15 is 0 Å². The molecule has 168 valence electrons. The first-order valence-electron chi connectivity index (χ1n) is 11.1. The molecule has 1 saturated carbocycles. The Morgan fingerprint density at radius 2 is 1.84 bits per heavy atom. The Hall–Kier alpha value is -2.84. The van der Waals surface area contributed by atoms with E-state index in [-0.39, 0.29) is 17.1 Å². The molecule has 0 bridgehead atoms. The summed E-state index contributed by atoms with van der Waals surface area (Å²) >= 11 is 0. The Morgan fingerprint density at radius 1 is 1.09 bits per heavy atom. The van der Waals surface area contributed by atoms with Crippen LogP contribution in [0.1, 0.15) is 42.7 Å². The molecule has 1 fully saturated rings. The molecule has 0 spiro atoms. The number of sulfonamides is 1. The molecule has 2 aromatic carbocycles. The largest absolute Gasteiger partial charge is 0.363 e. The van der Waals surface area contributed by atoms with E-state index in [1.165, 1.54) is 5.56 Å². The monoisotopic (exact) mass is 452 g/mol. The van der Waals surface area contributed by atoms with Crippen LogP contribution >= 0.6 is 0 Å². The number of rotatable bonds is 6. The number of hydrogen-bond donors (Lipinski definition) is 3. The van der Waals surface area contributed by atoms with Crippen LogP contribution in [0.25, 0.3) is 11.1 Å².